The minimum atomic E-state index is -1.45. The lowest BCUT2D eigenvalue weighted by atomic mass is 10.0. The van der Waals surface area contributed by atoms with Gasteiger partial charge in [0.25, 0.3) is 0 Å². The number of hydrogen-bond donors (Lipinski definition) is 3. The SMILES string of the molecule is COc1ccc2c(O[C@@H]3CC4C(=O)NC5(C(=O)O)CC5/C=C\CCCCCC(NC(=O)OC(C)(C)C)C(=O)N4C3)cc(-c3nccs3)nc2c1. The Morgan fingerprint density at radius 2 is 1.98 bits per heavy atom. The highest BCUT2D eigenvalue weighted by Gasteiger charge is 2.61. The molecule has 1 saturated carbocycles. The van der Waals surface area contributed by atoms with Gasteiger partial charge in [-0.05, 0) is 58.6 Å². The van der Waals surface area contributed by atoms with E-state index in [1.165, 1.54) is 16.2 Å². The Hall–Kier alpha value is -4.72. The Kier molecular flexibility index (Phi) is 10.0. The van der Waals surface area contributed by atoms with Gasteiger partial charge in [-0.2, -0.15) is 0 Å². The summed E-state index contributed by atoms with van der Waals surface area (Å²) in [6, 6.07) is 5.22. The van der Waals surface area contributed by atoms with Crippen molar-refractivity contribution in [1.82, 2.24) is 25.5 Å². The third kappa shape index (κ3) is 7.69. The summed E-state index contributed by atoms with van der Waals surface area (Å²) in [5.74, 6) is -1.41. The van der Waals surface area contributed by atoms with Crippen molar-refractivity contribution in [1.29, 1.82) is 0 Å². The van der Waals surface area contributed by atoms with Crippen LogP contribution in [0, 0.1) is 5.92 Å². The second kappa shape index (κ2) is 14.3. The van der Waals surface area contributed by atoms with Gasteiger partial charge in [0, 0.05) is 41.4 Å². The van der Waals surface area contributed by atoms with Gasteiger partial charge in [-0.3, -0.25) is 9.59 Å². The van der Waals surface area contributed by atoms with Gasteiger partial charge in [0.15, 0.2) is 0 Å². The lowest BCUT2D eigenvalue weighted by Crippen LogP contribution is -2.56. The molecular weight excluding hydrogens is 662 g/mol. The maximum absolute atomic E-state index is 14.4. The van der Waals surface area contributed by atoms with Gasteiger partial charge in [-0.25, -0.2) is 19.6 Å². The van der Waals surface area contributed by atoms with Crippen LogP contribution in [0.15, 0.2) is 48.0 Å². The predicted molar refractivity (Wildman–Crippen MR) is 186 cm³/mol. The number of aromatic nitrogens is 2. The summed E-state index contributed by atoms with van der Waals surface area (Å²) >= 11 is 1.43. The maximum Gasteiger partial charge on any atom is 0.408 e. The number of methoxy groups -OCH3 is 1. The standard InChI is InChI=1S/C36H43N5O8S/c1-35(2,3)49-34(46)39-25-11-9-7-5-6-8-10-21-19-36(21,33(44)45)40-30(42)28-17-23(20-41(28)32(25)43)48-29-18-27(31-37-14-15-50-31)38-26-16-22(47-4)12-13-24(26)29/h8,10,12-16,18,21,23,25,28H,5-7,9,11,17,19-20H2,1-4H3,(H,39,46)(H,40,42)(H,44,45)/b10-8-/t21?,23-,25?,28?,36?/m1/s1. The number of carboxylic acids is 1. The molecule has 5 atom stereocenters. The number of carboxylic acid groups (broad SMARTS) is 1. The van der Waals surface area contributed by atoms with Gasteiger partial charge in [-0.1, -0.05) is 25.0 Å². The number of allylic oxidation sites excluding steroid dienone is 1. The summed E-state index contributed by atoms with van der Waals surface area (Å²) in [7, 11) is 1.57. The average molecular weight is 706 g/mol. The molecule has 266 valence electrons. The highest BCUT2D eigenvalue weighted by Crippen LogP contribution is 2.45. The number of carbonyl (C=O) groups excluding carboxylic acids is 3. The molecule has 0 spiro atoms. The molecule has 3 N–H and O–H groups in total. The van der Waals surface area contributed by atoms with Gasteiger partial charge in [0.1, 0.15) is 51.5 Å². The second-order valence-corrected chi connectivity index (χ2v) is 14.9. The number of aliphatic carboxylic acids is 1. The van der Waals surface area contributed by atoms with Crippen molar-refractivity contribution >= 4 is 46.1 Å². The summed E-state index contributed by atoms with van der Waals surface area (Å²) in [5, 5.41) is 19.0. The van der Waals surface area contributed by atoms with Crippen LogP contribution in [0.2, 0.25) is 0 Å². The minimum absolute atomic E-state index is 0.0272. The molecule has 1 saturated heterocycles. The summed E-state index contributed by atoms with van der Waals surface area (Å²) in [5.41, 5.74) is -1.02. The van der Waals surface area contributed by atoms with Gasteiger partial charge >= 0.3 is 12.1 Å². The van der Waals surface area contributed by atoms with Crippen LogP contribution >= 0.6 is 11.3 Å². The van der Waals surface area contributed by atoms with Gasteiger partial charge in [0.2, 0.25) is 11.8 Å². The molecule has 3 amide bonds. The Morgan fingerprint density at radius 3 is 2.70 bits per heavy atom. The molecule has 0 bridgehead atoms. The zero-order valence-electron chi connectivity index (χ0n) is 28.6. The van der Waals surface area contributed by atoms with Gasteiger partial charge < -0.3 is 34.9 Å². The van der Waals surface area contributed by atoms with Crippen LogP contribution in [0.3, 0.4) is 0 Å². The number of benzene rings is 1. The van der Waals surface area contributed by atoms with Crippen LogP contribution < -0.4 is 20.1 Å². The van der Waals surface area contributed by atoms with Crippen LogP contribution in [-0.4, -0.2) is 86.8 Å². The van der Waals surface area contributed by atoms with Crippen LogP contribution in [-0.2, 0) is 19.1 Å². The van der Waals surface area contributed by atoms with E-state index in [-0.39, 0.29) is 25.3 Å². The van der Waals surface area contributed by atoms with Crippen LogP contribution in [0.5, 0.6) is 11.5 Å². The van der Waals surface area contributed by atoms with Gasteiger partial charge in [-0.15, -0.1) is 11.3 Å². The first kappa shape index (κ1) is 35.1. The Labute approximate surface area is 294 Å². The van der Waals surface area contributed by atoms with Crippen molar-refractivity contribution in [2.45, 2.75) is 95.0 Å². The molecule has 13 nitrogen and oxygen atoms in total. The molecule has 4 unspecified atom stereocenters. The third-order valence-corrected chi connectivity index (χ3v) is 10.0. The summed E-state index contributed by atoms with van der Waals surface area (Å²) in [6.07, 6.45) is 7.87. The fourth-order valence-corrected chi connectivity index (χ4v) is 7.23. The fraction of sp³-hybridized carbons (Fsp3) is 0.500. The van der Waals surface area contributed by atoms with E-state index in [4.69, 9.17) is 19.2 Å². The first-order chi connectivity index (χ1) is 23.9. The molecule has 6 rings (SSSR count). The summed E-state index contributed by atoms with van der Waals surface area (Å²) < 4.78 is 17.5. The first-order valence-electron chi connectivity index (χ1n) is 16.9. The number of fused-ring (bicyclic) bond motifs is 3. The quantitative estimate of drug-likeness (QED) is 0.294. The van der Waals surface area contributed by atoms with Crippen LogP contribution in [0.25, 0.3) is 21.6 Å². The van der Waals surface area contributed by atoms with Crippen molar-refractivity contribution in [3.05, 3.63) is 48.0 Å². The molecule has 50 heavy (non-hydrogen) atoms. The topological polar surface area (TPSA) is 169 Å². The Balaban J connectivity index is 1.34. The molecule has 3 aromatic rings. The normalized spacial score (nSPS) is 26.4. The number of nitrogens with zero attached hydrogens (tertiary/aromatic N) is 3. The molecule has 1 aliphatic carbocycles. The molecule has 2 aliphatic heterocycles. The van der Waals surface area contributed by atoms with Gasteiger partial charge in [0.05, 0.1) is 19.2 Å². The van der Waals surface area contributed by atoms with E-state index in [9.17, 15) is 24.3 Å². The van der Waals surface area contributed by atoms with E-state index in [2.05, 4.69) is 15.6 Å². The number of ether oxygens (including phenoxy) is 3. The highest BCUT2D eigenvalue weighted by atomic mass is 32.1. The summed E-state index contributed by atoms with van der Waals surface area (Å²) in [6.45, 7) is 5.25. The fourth-order valence-electron chi connectivity index (χ4n) is 6.64. The molecule has 2 fully saturated rings. The van der Waals surface area contributed by atoms with E-state index >= 15 is 0 Å². The predicted octanol–water partition coefficient (Wildman–Crippen LogP) is 5.09. The summed E-state index contributed by atoms with van der Waals surface area (Å²) in [4.78, 5) is 64.4. The van der Waals surface area contributed by atoms with E-state index < -0.39 is 53.2 Å². The van der Waals surface area contributed by atoms with Crippen LogP contribution in [0.1, 0.15) is 65.7 Å². The zero-order chi connectivity index (χ0) is 35.6. The molecular formula is C36H43N5O8S. The average Bonchev–Trinajstić information content (AvgIpc) is 3.38. The number of nitrogens with one attached hydrogen (secondary N) is 2. The Morgan fingerprint density at radius 1 is 1.16 bits per heavy atom. The largest absolute Gasteiger partial charge is 0.497 e. The minimum Gasteiger partial charge on any atom is -0.497 e. The van der Waals surface area contributed by atoms with Crippen LogP contribution in [0.4, 0.5) is 4.79 Å². The van der Waals surface area contributed by atoms with E-state index in [0.29, 0.717) is 45.9 Å². The maximum atomic E-state index is 14.4. The number of thiazole rings is 1. The molecule has 3 aliphatic rings. The molecule has 1 aromatic carbocycles. The number of rotatable bonds is 6. The first-order valence-corrected chi connectivity index (χ1v) is 17.8. The lowest BCUT2D eigenvalue weighted by molar-refractivity contribution is -0.145. The molecule has 4 heterocycles. The van der Waals surface area contributed by atoms with E-state index in [1.807, 2.05) is 23.6 Å². The molecule has 14 heteroatoms. The number of amides is 3. The number of pyridine rings is 1. The smallest absolute Gasteiger partial charge is 0.408 e. The highest BCUT2D eigenvalue weighted by molar-refractivity contribution is 7.13. The molecule has 2 aromatic heterocycles. The zero-order valence-corrected chi connectivity index (χ0v) is 29.5. The van der Waals surface area contributed by atoms with Crippen molar-refractivity contribution in [3.8, 4) is 22.2 Å². The lowest BCUT2D eigenvalue weighted by Gasteiger charge is -2.30. The van der Waals surface area contributed by atoms with E-state index in [1.54, 1.807) is 52.3 Å². The second-order valence-electron chi connectivity index (χ2n) is 14.0. The van der Waals surface area contributed by atoms with Crippen molar-refractivity contribution in [2.24, 2.45) is 5.92 Å². The number of carbonyl (C=O) groups is 4. The Bertz CT molecular complexity index is 1790. The number of alkyl carbamates (subject to hydrolysis) is 1. The van der Waals surface area contributed by atoms with Crippen molar-refractivity contribution in [2.75, 3.05) is 13.7 Å². The van der Waals surface area contributed by atoms with E-state index in [0.717, 1.165) is 19.3 Å². The number of hydrogen-bond acceptors (Lipinski definition) is 10. The van der Waals surface area contributed by atoms with Crippen molar-refractivity contribution < 1.29 is 38.5 Å². The monoisotopic (exact) mass is 705 g/mol. The molecule has 0 radical (unpaired) electrons. The third-order valence-electron chi connectivity index (χ3n) is 9.24. The van der Waals surface area contributed by atoms with Crippen molar-refractivity contribution in [3.63, 3.8) is 0 Å².